The monoisotopic (exact) mass is 338 g/mol. The molecule has 2 rings (SSSR count). The molecule has 2 N–H and O–H groups in total. The summed E-state index contributed by atoms with van der Waals surface area (Å²) in [5.74, 6) is -0.537. The molecule has 0 saturated carbocycles. The number of aromatic nitrogens is 1. The van der Waals surface area contributed by atoms with E-state index >= 15 is 0 Å². The van der Waals surface area contributed by atoms with Gasteiger partial charge >= 0.3 is 6.18 Å². The highest BCUT2D eigenvalue weighted by molar-refractivity contribution is 5.95. The first kappa shape index (κ1) is 18.1. The number of nitrogens with two attached hydrogens (primary N) is 1. The molecule has 0 aliphatic carbocycles. The van der Waals surface area contributed by atoms with Gasteiger partial charge in [-0.2, -0.15) is 13.2 Å². The third kappa shape index (κ3) is 3.32. The van der Waals surface area contributed by atoms with Crippen molar-refractivity contribution < 1.29 is 18.0 Å². The Morgan fingerprint density at radius 3 is 2.12 bits per heavy atom. The minimum absolute atomic E-state index is 0.149. The maximum absolute atomic E-state index is 12.7. The van der Waals surface area contributed by atoms with Crippen molar-refractivity contribution in [2.24, 2.45) is 5.73 Å². The van der Waals surface area contributed by atoms with E-state index in [4.69, 9.17) is 5.73 Å². The Kier molecular flexibility index (Phi) is 5.06. The number of carbonyl (C=O) groups is 1. The molecule has 2 aromatic rings. The largest absolute Gasteiger partial charge is 0.416 e. The maximum atomic E-state index is 12.7. The molecule has 130 valence electrons. The topological polar surface area (TPSA) is 48.0 Å². The number of amides is 1. The number of primary amides is 1. The van der Waals surface area contributed by atoms with Crippen LogP contribution in [0, 0.1) is 6.92 Å². The number of halogens is 3. The normalized spacial score (nSPS) is 12.0. The van der Waals surface area contributed by atoms with Crippen molar-refractivity contribution in [3.8, 4) is 11.3 Å². The van der Waals surface area contributed by atoms with E-state index in [1.807, 2.05) is 25.3 Å². The van der Waals surface area contributed by atoms with E-state index in [0.717, 1.165) is 30.7 Å². The van der Waals surface area contributed by atoms with Gasteiger partial charge in [-0.1, -0.05) is 26.0 Å². The third-order valence-electron chi connectivity index (χ3n) is 4.37. The van der Waals surface area contributed by atoms with Crippen LogP contribution in [0.25, 0.3) is 11.3 Å². The molecule has 0 aliphatic heterocycles. The van der Waals surface area contributed by atoms with Crippen LogP contribution in [0.3, 0.4) is 0 Å². The molecule has 1 amide bonds. The SMILES string of the molecule is CCC(CC)n1c(-c2ccc(C(F)(F)F)cc2)cc(C(N)=O)c1C. The van der Waals surface area contributed by atoms with E-state index in [9.17, 15) is 18.0 Å². The molecule has 0 saturated heterocycles. The Bertz CT molecular complexity index is 726. The van der Waals surface area contributed by atoms with Gasteiger partial charge in [0.05, 0.1) is 11.1 Å². The molecule has 1 aromatic carbocycles. The van der Waals surface area contributed by atoms with Crippen molar-refractivity contribution in [1.29, 1.82) is 0 Å². The van der Waals surface area contributed by atoms with E-state index < -0.39 is 17.6 Å². The predicted octanol–water partition coefficient (Wildman–Crippen LogP) is 4.94. The van der Waals surface area contributed by atoms with Crippen molar-refractivity contribution >= 4 is 5.91 Å². The maximum Gasteiger partial charge on any atom is 0.416 e. The van der Waals surface area contributed by atoms with Crippen molar-refractivity contribution in [3.05, 3.63) is 47.2 Å². The molecule has 0 atom stereocenters. The molecular weight excluding hydrogens is 317 g/mol. The van der Waals surface area contributed by atoms with Crippen LogP contribution in [0.5, 0.6) is 0 Å². The van der Waals surface area contributed by atoms with E-state index in [0.29, 0.717) is 16.8 Å². The lowest BCUT2D eigenvalue weighted by molar-refractivity contribution is -0.137. The summed E-state index contributed by atoms with van der Waals surface area (Å²) in [6, 6.07) is 6.79. The van der Waals surface area contributed by atoms with Crippen molar-refractivity contribution in [1.82, 2.24) is 4.57 Å². The van der Waals surface area contributed by atoms with E-state index in [-0.39, 0.29) is 6.04 Å². The lowest BCUT2D eigenvalue weighted by Gasteiger charge is -2.21. The van der Waals surface area contributed by atoms with Gasteiger partial charge in [-0.25, -0.2) is 0 Å². The highest BCUT2D eigenvalue weighted by Crippen LogP contribution is 2.34. The fourth-order valence-corrected chi connectivity index (χ4v) is 3.05. The smallest absolute Gasteiger partial charge is 0.366 e. The van der Waals surface area contributed by atoms with Gasteiger partial charge < -0.3 is 10.3 Å². The van der Waals surface area contributed by atoms with Gasteiger partial charge in [0.15, 0.2) is 0 Å². The van der Waals surface area contributed by atoms with Crippen molar-refractivity contribution in [2.45, 2.75) is 45.8 Å². The molecule has 0 fully saturated rings. The Hall–Kier alpha value is -2.24. The fraction of sp³-hybridized carbons (Fsp3) is 0.389. The molecule has 0 spiro atoms. The average molecular weight is 338 g/mol. The van der Waals surface area contributed by atoms with Crippen LogP contribution < -0.4 is 5.73 Å². The summed E-state index contributed by atoms with van der Waals surface area (Å²) in [6.07, 6.45) is -2.68. The van der Waals surface area contributed by atoms with Gasteiger partial charge in [-0.3, -0.25) is 4.79 Å². The van der Waals surface area contributed by atoms with Gasteiger partial charge in [-0.15, -0.1) is 0 Å². The van der Waals surface area contributed by atoms with E-state index in [2.05, 4.69) is 0 Å². The fourth-order valence-electron chi connectivity index (χ4n) is 3.05. The minimum Gasteiger partial charge on any atom is -0.366 e. The molecule has 3 nitrogen and oxygen atoms in total. The zero-order valence-corrected chi connectivity index (χ0v) is 13.9. The standard InChI is InChI=1S/C18H21F3N2O/c1-4-14(5-2)23-11(3)15(17(22)24)10-16(23)12-6-8-13(9-7-12)18(19,20)21/h6-10,14H,4-5H2,1-3H3,(H2,22,24). The van der Waals surface area contributed by atoms with Crippen LogP contribution in [-0.4, -0.2) is 10.5 Å². The second-order valence-electron chi connectivity index (χ2n) is 5.81. The summed E-state index contributed by atoms with van der Waals surface area (Å²) in [6.45, 7) is 5.88. The zero-order valence-electron chi connectivity index (χ0n) is 13.9. The number of benzene rings is 1. The third-order valence-corrected chi connectivity index (χ3v) is 4.37. The van der Waals surface area contributed by atoms with Crippen LogP contribution >= 0.6 is 0 Å². The average Bonchev–Trinajstić information content (AvgIpc) is 2.86. The first-order chi connectivity index (χ1) is 11.2. The molecule has 1 heterocycles. The van der Waals surface area contributed by atoms with Crippen LogP contribution in [0.1, 0.15) is 54.3 Å². The van der Waals surface area contributed by atoms with Crippen molar-refractivity contribution in [2.75, 3.05) is 0 Å². The highest BCUT2D eigenvalue weighted by atomic mass is 19.4. The summed E-state index contributed by atoms with van der Waals surface area (Å²) in [5.41, 5.74) is 7.23. The summed E-state index contributed by atoms with van der Waals surface area (Å²) in [7, 11) is 0. The molecule has 1 aromatic heterocycles. The van der Waals surface area contributed by atoms with Gasteiger partial charge in [0.25, 0.3) is 5.91 Å². The Morgan fingerprint density at radius 1 is 1.17 bits per heavy atom. The number of alkyl halides is 3. The van der Waals surface area contributed by atoms with Gasteiger partial charge in [0.1, 0.15) is 0 Å². The quantitative estimate of drug-likeness (QED) is 0.824. The summed E-state index contributed by atoms with van der Waals surface area (Å²) < 4.78 is 40.2. The van der Waals surface area contributed by atoms with Crippen LogP contribution in [0.2, 0.25) is 0 Å². The predicted molar refractivity (Wildman–Crippen MR) is 87.7 cm³/mol. The lowest BCUT2D eigenvalue weighted by atomic mass is 10.1. The first-order valence-corrected chi connectivity index (χ1v) is 7.89. The van der Waals surface area contributed by atoms with Gasteiger partial charge in [0, 0.05) is 17.4 Å². The number of carbonyl (C=O) groups excluding carboxylic acids is 1. The number of nitrogens with zero attached hydrogens (tertiary/aromatic N) is 1. The molecular formula is C18H21F3N2O. The van der Waals surface area contributed by atoms with Gasteiger partial charge in [0.2, 0.25) is 0 Å². The summed E-state index contributed by atoms with van der Waals surface area (Å²) in [4.78, 5) is 11.7. The number of hydrogen-bond donors (Lipinski definition) is 1. The van der Waals surface area contributed by atoms with Crippen molar-refractivity contribution in [3.63, 3.8) is 0 Å². The Labute approximate surface area is 139 Å². The van der Waals surface area contributed by atoms with E-state index in [1.54, 1.807) is 6.07 Å². The molecule has 0 bridgehead atoms. The van der Waals surface area contributed by atoms with Crippen LogP contribution in [-0.2, 0) is 6.18 Å². The Balaban J connectivity index is 2.60. The zero-order chi connectivity index (χ0) is 18.1. The molecule has 6 heteroatoms. The molecule has 0 unspecified atom stereocenters. The second-order valence-corrected chi connectivity index (χ2v) is 5.81. The van der Waals surface area contributed by atoms with E-state index in [1.165, 1.54) is 12.1 Å². The highest BCUT2D eigenvalue weighted by Gasteiger charge is 2.30. The minimum atomic E-state index is -4.37. The first-order valence-electron chi connectivity index (χ1n) is 7.89. The lowest BCUT2D eigenvalue weighted by Crippen LogP contribution is -2.14. The molecule has 24 heavy (non-hydrogen) atoms. The number of rotatable bonds is 5. The Morgan fingerprint density at radius 2 is 1.71 bits per heavy atom. The van der Waals surface area contributed by atoms with Crippen LogP contribution in [0.4, 0.5) is 13.2 Å². The van der Waals surface area contributed by atoms with Gasteiger partial charge in [-0.05, 0) is 43.5 Å². The second kappa shape index (κ2) is 6.71. The van der Waals surface area contributed by atoms with Crippen LogP contribution in [0.15, 0.2) is 30.3 Å². The number of hydrogen-bond acceptors (Lipinski definition) is 1. The summed E-state index contributed by atoms with van der Waals surface area (Å²) in [5, 5.41) is 0. The molecule has 0 aliphatic rings. The summed E-state index contributed by atoms with van der Waals surface area (Å²) >= 11 is 0. The molecule has 0 radical (unpaired) electrons.